The molecule has 8 heteroatoms. The quantitative estimate of drug-likeness (QED) is 0.558. The average molecular weight is 347 g/mol. The van der Waals surface area contributed by atoms with Crippen LogP contribution in [0.5, 0.6) is 0 Å². The number of hydrogen-bond donors (Lipinski definition) is 0. The van der Waals surface area contributed by atoms with Crippen LogP contribution in [0.3, 0.4) is 0 Å². The molecule has 0 unspecified atom stereocenters. The number of halogens is 1. The van der Waals surface area contributed by atoms with Crippen LogP contribution in [-0.2, 0) is 7.05 Å². The molecule has 0 spiro atoms. The molecule has 0 fully saturated rings. The predicted octanol–water partition coefficient (Wildman–Crippen LogP) is 3.32. The Labute approximate surface area is 143 Å². The van der Waals surface area contributed by atoms with Crippen LogP contribution in [0.1, 0.15) is 11.4 Å². The van der Waals surface area contributed by atoms with E-state index in [0.29, 0.717) is 0 Å². The van der Waals surface area contributed by atoms with Crippen molar-refractivity contribution in [3.63, 3.8) is 0 Å². The highest BCUT2D eigenvalue weighted by atomic mass is 35.5. The summed E-state index contributed by atoms with van der Waals surface area (Å²) >= 11 is 1.66. The molecule has 4 aromatic heterocycles. The minimum atomic E-state index is 0. The summed E-state index contributed by atoms with van der Waals surface area (Å²) < 4.78 is 5.11. The maximum absolute atomic E-state index is 4.70. The lowest BCUT2D eigenvalue weighted by atomic mass is 10.3. The van der Waals surface area contributed by atoms with E-state index in [9.17, 15) is 0 Å². The second-order valence-electron chi connectivity index (χ2n) is 5.25. The van der Waals surface area contributed by atoms with Gasteiger partial charge in [-0.1, -0.05) is 11.3 Å². The molecule has 118 valence electrons. The monoisotopic (exact) mass is 346 g/mol. The van der Waals surface area contributed by atoms with E-state index in [4.69, 9.17) is 4.98 Å². The summed E-state index contributed by atoms with van der Waals surface area (Å²) in [6.45, 7) is 4.17. The number of rotatable bonds is 2. The van der Waals surface area contributed by atoms with Gasteiger partial charge in [-0.15, -0.1) is 22.6 Å². The fraction of sp³-hybridized carbons (Fsp3) is 0.200. The van der Waals surface area contributed by atoms with Crippen molar-refractivity contribution in [1.82, 2.24) is 29.3 Å². The van der Waals surface area contributed by atoms with Crippen LogP contribution in [0, 0.1) is 13.8 Å². The summed E-state index contributed by atoms with van der Waals surface area (Å²) in [5, 5.41) is 8.98. The maximum atomic E-state index is 4.70. The zero-order valence-electron chi connectivity index (χ0n) is 12.9. The third kappa shape index (κ3) is 2.51. The molecule has 0 atom stereocenters. The Hall–Kier alpha value is -2.25. The maximum Gasteiger partial charge on any atom is 0.195 e. The molecule has 0 saturated heterocycles. The number of pyridine rings is 1. The van der Waals surface area contributed by atoms with Crippen LogP contribution in [0.25, 0.3) is 26.9 Å². The Morgan fingerprint density at radius 3 is 2.52 bits per heavy atom. The van der Waals surface area contributed by atoms with E-state index in [1.54, 1.807) is 23.9 Å². The second kappa shape index (κ2) is 5.75. The highest BCUT2D eigenvalue weighted by Gasteiger charge is 2.13. The van der Waals surface area contributed by atoms with Crippen LogP contribution in [0.15, 0.2) is 30.7 Å². The third-order valence-electron chi connectivity index (χ3n) is 3.67. The molecule has 0 amide bonds. The lowest BCUT2D eigenvalue weighted by Crippen LogP contribution is -1.97. The smallest absolute Gasteiger partial charge is 0.195 e. The summed E-state index contributed by atoms with van der Waals surface area (Å²) in [5.74, 6) is 0.755. The average Bonchev–Trinajstić information content (AvgIpc) is 3.17. The van der Waals surface area contributed by atoms with Crippen molar-refractivity contribution in [2.45, 2.75) is 13.8 Å². The van der Waals surface area contributed by atoms with E-state index >= 15 is 0 Å². The molecule has 4 rings (SSSR count). The van der Waals surface area contributed by atoms with Gasteiger partial charge in [0.15, 0.2) is 11.0 Å². The van der Waals surface area contributed by atoms with Crippen molar-refractivity contribution in [2.75, 3.05) is 0 Å². The van der Waals surface area contributed by atoms with E-state index in [0.717, 1.165) is 26.9 Å². The van der Waals surface area contributed by atoms with E-state index < -0.39 is 0 Å². The van der Waals surface area contributed by atoms with Crippen molar-refractivity contribution in [3.05, 3.63) is 42.1 Å². The first kappa shape index (κ1) is 15.6. The first-order chi connectivity index (χ1) is 10.6. The number of thiazole rings is 1. The van der Waals surface area contributed by atoms with Crippen LogP contribution < -0.4 is 0 Å². The normalized spacial score (nSPS) is 10.9. The zero-order chi connectivity index (χ0) is 15.3. The second-order valence-corrected chi connectivity index (χ2v) is 6.26. The Morgan fingerprint density at radius 2 is 1.87 bits per heavy atom. The Bertz CT molecular complexity index is 964. The highest BCUT2D eigenvalue weighted by molar-refractivity contribution is 7.20. The van der Waals surface area contributed by atoms with E-state index in [1.807, 2.05) is 17.7 Å². The number of aryl methyl sites for hydroxylation is 3. The van der Waals surface area contributed by atoms with Crippen molar-refractivity contribution in [3.8, 4) is 16.6 Å². The summed E-state index contributed by atoms with van der Waals surface area (Å²) in [6.07, 6.45) is 3.47. The van der Waals surface area contributed by atoms with Gasteiger partial charge in [0.05, 0.1) is 10.9 Å². The van der Waals surface area contributed by atoms with Gasteiger partial charge in [0.1, 0.15) is 17.5 Å². The van der Waals surface area contributed by atoms with Gasteiger partial charge >= 0.3 is 0 Å². The molecule has 0 aliphatic rings. The predicted molar refractivity (Wildman–Crippen MR) is 93.5 cm³/mol. The standard InChI is InChI=1S/C15H14N6S.ClH/c1-9-4-5-10(2)21(9)15-18-12-7-16-11(6-13(12)22-15)14-19-17-8-20(14)3;/h4-8H,1-3H3;1H. The fourth-order valence-electron chi connectivity index (χ4n) is 2.52. The summed E-state index contributed by atoms with van der Waals surface area (Å²) in [5.41, 5.74) is 4.07. The molecular weight excluding hydrogens is 332 g/mol. The molecule has 0 N–H and O–H groups in total. The van der Waals surface area contributed by atoms with Gasteiger partial charge in [0.25, 0.3) is 0 Å². The third-order valence-corrected chi connectivity index (χ3v) is 4.67. The molecular formula is C15H15ClN6S. The Balaban J connectivity index is 0.00000156. The van der Waals surface area contributed by atoms with Crippen LogP contribution in [-0.4, -0.2) is 29.3 Å². The summed E-state index contributed by atoms with van der Waals surface area (Å²) in [7, 11) is 1.91. The molecule has 0 saturated carbocycles. The van der Waals surface area contributed by atoms with Crippen molar-refractivity contribution >= 4 is 34.0 Å². The number of hydrogen-bond acceptors (Lipinski definition) is 5. The first-order valence-electron chi connectivity index (χ1n) is 6.90. The highest BCUT2D eigenvalue weighted by Crippen LogP contribution is 2.29. The van der Waals surface area contributed by atoms with Gasteiger partial charge in [0.2, 0.25) is 0 Å². The number of fused-ring (bicyclic) bond motifs is 1. The van der Waals surface area contributed by atoms with Gasteiger partial charge in [-0.25, -0.2) is 4.98 Å². The molecule has 0 aromatic carbocycles. The minimum absolute atomic E-state index is 0. The minimum Gasteiger partial charge on any atom is -0.315 e. The molecule has 0 bridgehead atoms. The van der Waals surface area contributed by atoms with Crippen LogP contribution in [0.4, 0.5) is 0 Å². The SMILES string of the molecule is Cc1ccc(C)n1-c1nc2cnc(-c3nncn3C)cc2s1.Cl. The molecule has 4 heterocycles. The molecule has 6 nitrogen and oxygen atoms in total. The van der Waals surface area contributed by atoms with E-state index in [1.165, 1.54) is 11.4 Å². The van der Waals surface area contributed by atoms with Crippen molar-refractivity contribution in [2.24, 2.45) is 7.05 Å². The van der Waals surface area contributed by atoms with Crippen molar-refractivity contribution in [1.29, 1.82) is 0 Å². The van der Waals surface area contributed by atoms with Crippen molar-refractivity contribution < 1.29 is 0 Å². The number of nitrogens with zero attached hydrogens (tertiary/aromatic N) is 6. The summed E-state index contributed by atoms with van der Waals surface area (Å²) in [6, 6.07) is 6.23. The largest absolute Gasteiger partial charge is 0.315 e. The molecule has 0 radical (unpaired) electrons. The lowest BCUT2D eigenvalue weighted by molar-refractivity contribution is 0.914. The Morgan fingerprint density at radius 1 is 1.13 bits per heavy atom. The Kier molecular flexibility index (Phi) is 3.91. The molecule has 0 aliphatic carbocycles. The van der Waals surface area contributed by atoms with Crippen LogP contribution in [0.2, 0.25) is 0 Å². The zero-order valence-corrected chi connectivity index (χ0v) is 14.5. The van der Waals surface area contributed by atoms with Gasteiger partial charge in [-0.05, 0) is 32.0 Å². The van der Waals surface area contributed by atoms with Gasteiger partial charge < -0.3 is 4.57 Å². The molecule has 4 aromatic rings. The van der Waals surface area contributed by atoms with Gasteiger partial charge in [-0.2, -0.15) is 0 Å². The van der Waals surface area contributed by atoms with E-state index in [2.05, 4.69) is 45.7 Å². The fourth-order valence-corrected chi connectivity index (χ4v) is 3.62. The van der Waals surface area contributed by atoms with E-state index in [-0.39, 0.29) is 12.4 Å². The number of aromatic nitrogens is 6. The lowest BCUT2D eigenvalue weighted by Gasteiger charge is -2.03. The van der Waals surface area contributed by atoms with Gasteiger partial charge in [-0.3, -0.25) is 9.55 Å². The summed E-state index contributed by atoms with van der Waals surface area (Å²) in [4.78, 5) is 9.16. The molecule has 0 aliphatic heterocycles. The van der Waals surface area contributed by atoms with Gasteiger partial charge in [0, 0.05) is 18.4 Å². The topological polar surface area (TPSA) is 61.4 Å². The van der Waals surface area contributed by atoms with Crippen LogP contribution >= 0.6 is 23.7 Å². The molecule has 23 heavy (non-hydrogen) atoms. The first-order valence-corrected chi connectivity index (χ1v) is 7.71.